The lowest BCUT2D eigenvalue weighted by molar-refractivity contribution is 0.0681. The Balaban J connectivity index is 0.00000161. The highest BCUT2D eigenvalue weighted by molar-refractivity contribution is 9.10. The normalized spacial score (nSPS) is 27.1. The molecule has 5 heteroatoms. The number of nitrogens with one attached hydrogen (secondary N) is 1. The van der Waals surface area contributed by atoms with E-state index in [1.165, 1.54) is 12.8 Å². The number of benzene rings is 1. The maximum atomic E-state index is 12.6. The van der Waals surface area contributed by atoms with Crippen LogP contribution in [-0.2, 0) is 0 Å². The third-order valence-electron chi connectivity index (χ3n) is 4.72. The molecule has 1 amide bonds. The van der Waals surface area contributed by atoms with E-state index in [9.17, 15) is 4.79 Å². The van der Waals surface area contributed by atoms with Crippen LogP contribution in [0.4, 0.5) is 0 Å². The van der Waals surface area contributed by atoms with Gasteiger partial charge in [0.25, 0.3) is 5.91 Å². The largest absolute Gasteiger partial charge is 0.339 e. The number of halogens is 2. The van der Waals surface area contributed by atoms with Gasteiger partial charge in [0, 0.05) is 35.2 Å². The second-order valence-electron chi connectivity index (χ2n) is 6.14. The van der Waals surface area contributed by atoms with E-state index in [4.69, 9.17) is 0 Å². The van der Waals surface area contributed by atoms with Gasteiger partial charge < -0.3 is 10.2 Å². The van der Waals surface area contributed by atoms with Crippen LogP contribution in [0.2, 0.25) is 0 Å². The van der Waals surface area contributed by atoms with E-state index >= 15 is 0 Å². The number of rotatable bonds is 2. The summed E-state index contributed by atoms with van der Waals surface area (Å²) < 4.78 is 1.05. The quantitative estimate of drug-likeness (QED) is 0.860. The Labute approximate surface area is 141 Å². The summed E-state index contributed by atoms with van der Waals surface area (Å²) in [6, 6.07) is 7.44. The summed E-state index contributed by atoms with van der Waals surface area (Å²) >= 11 is 3.48. The highest BCUT2D eigenvalue weighted by Gasteiger charge is 2.36. The van der Waals surface area contributed by atoms with Gasteiger partial charge in [-0.2, -0.15) is 0 Å². The standard InChI is InChI=1S/C16H21BrN2O.ClH/c1-10-7-11(3-6-15(10)17)16(20)19(2)14-8-12-4-5-13(9-14)18-12;/h3,6-7,12-14,18H,4-5,8-9H2,1-2H3;1H. The molecule has 21 heavy (non-hydrogen) atoms. The first kappa shape index (κ1) is 16.8. The van der Waals surface area contributed by atoms with Gasteiger partial charge in [0.2, 0.25) is 0 Å². The fraction of sp³-hybridized carbons (Fsp3) is 0.562. The monoisotopic (exact) mass is 372 g/mol. The number of carbonyl (C=O) groups excluding carboxylic acids is 1. The number of piperidine rings is 1. The molecule has 2 aliphatic heterocycles. The predicted octanol–water partition coefficient (Wildman–Crippen LogP) is 3.53. The lowest BCUT2D eigenvalue weighted by atomic mass is 9.98. The molecule has 116 valence electrons. The fourth-order valence-corrected chi connectivity index (χ4v) is 3.74. The van der Waals surface area contributed by atoms with Gasteiger partial charge in [-0.05, 0) is 56.4 Å². The maximum Gasteiger partial charge on any atom is 0.253 e. The van der Waals surface area contributed by atoms with Crippen molar-refractivity contribution < 1.29 is 4.79 Å². The molecular formula is C16H22BrClN2O. The summed E-state index contributed by atoms with van der Waals surface area (Å²) in [6.07, 6.45) is 4.71. The molecule has 2 fully saturated rings. The zero-order valence-electron chi connectivity index (χ0n) is 12.4. The number of aryl methyl sites for hydroxylation is 1. The van der Waals surface area contributed by atoms with Crippen molar-refractivity contribution in [2.45, 2.75) is 50.7 Å². The Morgan fingerprint density at radius 3 is 2.48 bits per heavy atom. The highest BCUT2D eigenvalue weighted by Crippen LogP contribution is 2.30. The first-order valence-corrected chi connectivity index (χ1v) is 8.13. The summed E-state index contributed by atoms with van der Waals surface area (Å²) in [6.45, 7) is 2.02. The maximum absolute atomic E-state index is 12.6. The topological polar surface area (TPSA) is 32.3 Å². The molecule has 2 unspecified atom stereocenters. The minimum atomic E-state index is 0. The zero-order valence-corrected chi connectivity index (χ0v) is 14.8. The van der Waals surface area contributed by atoms with Crippen LogP contribution in [-0.4, -0.2) is 36.0 Å². The molecule has 2 aliphatic rings. The van der Waals surface area contributed by atoms with Crippen molar-refractivity contribution in [1.29, 1.82) is 0 Å². The molecule has 0 aromatic heterocycles. The number of amides is 1. The van der Waals surface area contributed by atoms with E-state index in [1.54, 1.807) is 0 Å². The van der Waals surface area contributed by atoms with E-state index in [1.807, 2.05) is 37.1 Å². The van der Waals surface area contributed by atoms with Crippen molar-refractivity contribution in [2.75, 3.05) is 7.05 Å². The molecule has 2 saturated heterocycles. The Bertz CT molecular complexity index is 525. The van der Waals surface area contributed by atoms with E-state index in [0.717, 1.165) is 28.4 Å². The summed E-state index contributed by atoms with van der Waals surface area (Å²) in [4.78, 5) is 14.6. The van der Waals surface area contributed by atoms with Gasteiger partial charge in [-0.25, -0.2) is 0 Å². The molecule has 0 radical (unpaired) electrons. The first-order valence-electron chi connectivity index (χ1n) is 7.34. The van der Waals surface area contributed by atoms with Crippen LogP contribution in [0.1, 0.15) is 41.6 Å². The van der Waals surface area contributed by atoms with Crippen LogP contribution >= 0.6 is 28.3 Å². The van der Waals surface area contributed by atoms with Crippen molar-refractivity contribution in [3.8, 4) is 0 Å². The van der Waals surface area contributed by atoms with E-state index in [-0.39, 0.29) is 18.3 Å². The molecule has 0 aliphatic carbocycles. The van der Waals surface area contributed by atoms with Gasteiger partial charge in [-0.15, -0.1) is 12.4 Å². The molecule has 2 heterocycles. The molecule has 1 aromatic rings. The summed E-state index contributed by atoms with van der Waals surface area (Å²) in [5.74, 6) is 0.145. The number of hydrogen-bond donors (Lipinski definition) is 1. The SMILES string of the molecule is Cc1cc(C(=O)N(C)C2CC3CCC(C2)N3)ccc1Br.Cl. The second-order valence-corrected chi connectivity index (χ2v) is 7.00. The van der Waals surface area contributed by atoms with Crippen LogP contribution < -0.4 is 5.32 Å². The van der Waals surface area contributed by atoms with Crippen molar-refractivity contribution in [1.82, 2.24) is 10.2 Å². The Hall–Kier alpha value is -0.580. The molecule has 3 rings (SSSR count). The van der Waals surface area contributed by atoms with Crippen molar-refractivity contribution in [3.63, 3.8) is 0 Å². The Morgan fingerprint density at radius 2 is 1.90 bits per heavy atom. The summed E-state index contributed by atoms with van der Waals surface area (Å²) in [5.41, 5.74) is 1.90. The fourth-order valence-electron chi connectivity index (χ4n) is 3.49. The molecule has 0 spiro atoms. The Morgan fingerprint density at radius 1 is 1.29 bits per heavy atom. The van der Waals surface area contributed by atoms with Crippen LogP contribution in [0, 0.1) is 6.92 Å². The lowest BCUT2D eigenvalue weighted by Crippen LogP contribution is -2.48. The highest BCUT2D eigenvalue weighted by atomic mass is 79.9. The number of fused-ring (bicyclic) bond motifs is 2. The molecule has 1 N–H and O–H groups in total. The van der Waals surface area contributed by atoms with Crippen molar-refractivity contribution in [2.24, 2.45) is 0 Å². The van der Waals surface area contributed by atoms with Gasteiger partial charge in [0.05, 0.1) is 0 Å². The van der Waals surface area contributed by atoms with Gasteiger partial charge in [-0.1, -0.05) is 15.9 Å². The smallest absolute Gasteiger partial charge is 0.253 e. The average Bonchev–Trinajstić information content (AvgIpc) is 2.79. The van der Waals surface area contributed by atoms with Crippen molar-refractivity contribution >= 4 is 34.2 Å². The van der Waals surface area contributed by atoms with Crippen molar-refractivity contribution in [3.05, 3.63) is 33.8 Å². The lowest BCUT2D eigenvalue weighted by Gasteiger charge is -2.35. The molecule has 0 saturated carbocycles. The van der Waals surface area contributed by atoms with E-state index < -0.39 is 0 Å². The first-order chi connectivity index (χ1) is 9.54. The van der Waals surface area contributed by atoms with Gasteiger partial charge in [0.1, 0.15) is 0 Å². The zero-order chi connectivity index (χ0) is 14.3. The third-order valence-corrected chi connectivity index (χ3v) is 5.61. The van der Waals surface area contributed by atoms with E-state index in [2.05, 4.69) is 21.2 Å². The summed E-state index contributed by atoms with van der Waals surface area (Å²) in [5, 5.41) is 3.63. The van der Waals surface area contributed by atoms with Crippen LogP contribution in [0.3, 0.4) is 0 Å². The molecule has 3 nitrogen and oxygen atoms in total. The average molecular weight is 374 g/mol. The third kappa shape index (κ3) is 3.43. The molecular weight excluding hydrogens is 352 g/mol. The Kier molecular flexibility index (Phi) is 5.33. The molecule has 2 bridgehead atoms. The number of nitrogens with zero attached hydrogens (tertiary/aromatic N) is 1. The minimum Gasteiger partial charge on any atom is -0.339 e. The van der Waals surface area contributed by atoms with Gasteiger partial charge >= 0.3 is 0 Å². The number of carbonyl (C=O) groups is 1. The van der Waals surface area contributed by atoms with Crippen LogP contribution in [0.15, 0.2) is 22.7 Å². The van der Waals surface area contributed by atoms with Gasteiger partial charge in [0.15, 0.2) is 0 Å². The van der Waals surface area contributed by atoms with Crippen LogP contribution in [0.5, 0.6) is 0 Å². The van der Waals surface area contributed by atoms with Crippen LogP contribution in [0.25, 0.3) is 0 Å². The minimum absolute atomic E-state index is 0. The predicted molar refractivity (Wildman–Crippen MR) is 91.2 cm³/mol. The second kappa shape index (κ2) is 6.67. The van der Waals surface area contributed by atoms with Gasteiger partial charge in [-0.3, -0.25) is 4.79 Å². The molecule has 1 aromatic carbocycles. The van der Waals surface area contributed by atoms with E-state index in [0.29, 0.717) is 18.1 Å². The summed E-state index contributed by atoms with van der Waals surface area (Å²) in [7, 11) is 1.95. The molecule has 2 atom stereocenters. The number of hydrogen-bond acceptors (Lipinski definition) is 2.